The second-order valence-electron chi connectivity index (χ2n) is 5.26. The topological polar surface area (TPSA) is 68.1 Å². The Balaban J connectivity index is 2.28. The van der Waals surface area contributed by atoms with Gasteiger partial charge in [0.15, 0.2) is 0 Å². The van der Waals surface area contributed by atoms with Gasteiger partial charge in [0.2, 0.25) is 5.82 Å². The van der Waals surface area contributed by atoms with Crippen LogP contribution in [0.4, 0.5) is 11.5 Å². The first-order valence-corrected chi connectivity index (χ1v) is 5.79. The van der Waals surface area contributed by atoms with Crippen molar-refractivity contribution in [2.75, 3.05) is 5.32 Å². The lowest BCUT2D eigenvalue weighted by atomic mass is 9.99. The van der Waals surface area contributed by atoms with Gasteiger partial charge in [0.25, 0.3) is 0 Å². The van der Waals surface area contributed by atoms with E-state index in [1.54, 1.807) is 19.2 Å². The zero-order valence-electron chi connectivity index (χ0n) is 10.4. The predicted molar refractivity (Wildman–Crippen MR) is 66.1 cm³/mol. The maximum atomic E-state index is 11.0. The van der Waals surface area contributed by atoms with Crippen LogP contribution in [0.3, 0.4) is 0 Å². The first-order chi connectivity index (χ1) is 7.90. The Morgan fingerprint density at radius 1 is 1.53 bits per heavy atom. The molecule has 92 valence electrons. The second kappa shape index (κ2) is 3.98. The van der Waals surface area contributed by atoms with E-state index in [0.717, 1.165) is 5.56 Å². The van der Waals surface area contributed by atoms with Crippen molar-refractivity contribution in [1.29, 1.82) is 0 Å². The van der Waals surface area contributed by atoms with Crippen LogP contribution in [-0.2, 0) is 0 Å². The molecule has 0 bridgehead atoms. The molecule has 1 aromatic rings. The Kier molecular flexibility index (Phi) is 2.77. The average Bonchev–Trinajstić information content (AvgIpc) is 3.03. The van der Waals surface area contributed by atoms with E-state index in [0.29, 0.717) is 11.7 Å². The van der Waals surface area contributed by atoms with Crippen molar-refractivity contribution in [3.8, 4) is 0 Å². The lowest BCUT2D eigenvalue weighted by Crippen LogP contribution is -2.34. The van der Waals surface area contributed by atoms with E-state index in [4.69, 9.17) is 0 Å². The Morgan fingerprint density at radius 2 is 2.18 bits per heavy atom. The number of rotatable bonds is 4. The summed E-state index contributed by atoms with van der Waals surface area (Å²) in [6, 6.07) is 1.55. The number of anilines is 1. The zero-order chi connectivity index (χ0) is 12.6. The van der Waals surface area contributed by atoms with E-state index in [-0.39, 0.29) is 16.1 Å². The number of nitro groups is 1. The smallest absolute Gasteiger partial charge is 0.311 e. The van der Waals surface area contributed by atoms with Crippen LogP contribution in [0.2, 0.25) is 0 Å². The van der Waals surface area contributed by atoms with E-state index in [1.165, 1.54) is 12.8 Å². The SMILES string of the molecule is Cc1cnc(NC(C)(C)C2CC2)c([N+](=O)[O-])c1. The molecule has 17 heavy (non-hydrogen) atoms. The molecular weight excluding hydrogens is 218 g/mol. The van der Waals surface area contributed by atoms with Crippen LogP contribution in [0.25, 0.3) is 0 Å². The molecule has 0 saturated heterocycles. The van der Waals surface area contributed by atoms with Gasteiger partial charge >= 0.3 is 5.69 Å². The van der Waals surface area contributed by atoms with E-state index in [9.17, 15) is 10.1 Å². The molecule has 0 unspecified atom stereocenters. The minimum absolute atomic E-state index is 0.0544. The van der Waals surface area contributed by atoms with Crippen LogP contribution >= 0.6 is 0 Å². The molecule has 5 nitrogen and oxygen atoms in total. The summed E-state index contributed by atoms with van der Waals surface area (Å²) in [4.78, 5) is 14.7. The van der Waals surface area contributed by atoms with Crippen LogP contribution in [0.1, 0.15) is 32.3 Å². The van der Waals surface area contributed by atoms with Crippen LogP contribution in [0.5, 0.6) is 0 Å². The van der Waals surface area contributed by atoms with Gasteiger partial charge in [0.1, 0.15) is 0 Å². The van der Waals surface area contributed by atoms with E-state index in [2.05, 4.69) is 24.1 Å². The number of nitrogens with one attached hydrogen (secondary N) is 1. The van der Waals surface area contributed by atoms with Gasteiger partial charge in [-0.3, -0.25) is 10.1 Å². The Hall–Kier alpha value is -1.65. The number of nitrogens with zero attached hydrogens (tertiary/aromatic N) is 2. The molecule has 0 amide bonds. The lowest BCUT2D eigenvalue weighted by Gasteiger charge is -2.26. The third kappa shape index (κ3) is 2.54. The van der Waals surface area contributed by atoms with Gasteiger partial charge in [-0.15, -0.1) is 0 Å². The number of hydrogen-bond acceptors (Lipinski definition) is 4. The van der Waals surface area contributed by atoms with Gasteiger partial charge in [-0.25, -0.2) is 4.98 Å². The van der Waals surface area contributed by atoms with E-state index < -0.39 is 0 Å². The van der Waals surface area contributed by atoms with Crippen molar-refractivity contribution in [1.82, 2.24) is 4.98 Å². The molecule has 0 aliphatic heterocycles. The molecule has 1 aromatic heterocycles. The highest BCUT2D eigenvalue weighted by Crippen LogP contribution is 2.41. The molecular formula is C12H17N3O2. The third-order valence-corrected chi connectivity index (χ3v) is 3.24. The van der Waals surface area contributed by atoms with Gasteiger partial charge in [-0.1, -0.05) is 0 Å². The number of pyridine rings is 1. The molecule has 1 fully saturated rings. The summed E-state index contributed by atoms with van der Waals surface area (Å²) in [5.41, 5.74) is 0.720. The van der Waals surface area contributed by atoms with Crippen LogP contribution in [0, 0.1) is 23.0 Å². The second-order valence-corrected chi connectivity index (χ2v) is 5.26. The zero-order valence-corrected chi connectivity index (χ0v) is 10.4. The molecule has 0 aromatic carbocycles. The van der Waals surface area contributed by atoms with Crippen molar-refractivity contribution >= 4 is 11.5 Å². The summed E-state index contributed by atoms with van der Waals surface area (Å²) in [6.45, 7) is 5.93. The fraction of sp³-hybridized carbons (Fsp3) is 0.583. The minimum Gasteiger partial charge on any atom is -0.359 e. The molecule has 0 atom stereocenters. The standard InChI is InChI=1S/C12H17N3O2/c1-8-6-10(15(16)17)11(13-7-8)14-12(2,3)9-4-5-9/h6-7,9H,4-5H2,1-3H3,(H,13,14). The molecule has 2 rings (SSSR count). The van der Waals surface area contributed by atoms with Crippen molar-refractivity contribution in [3.63, 3.8) is 0 Å². The minimum atomic E-state index is -0.384. The maximum Gasteiger partial charge on any atom is 0.311 e. The molecule has 1 heterocycles. The van der Waals surface area contributed by atoms with Crippen molar-refractivity contribution in [3.05, 3.63) is 27.9 Å². The van der Waals surface area contributed by atoms with Gasteiger partial charge in [0.05, 0.1) is 4.92 Å². The van der Waals surface area contributed by atoms with E-state index in [1.807, 2.05) is 0 Å². The fourth-order valence-corrected chi connectivity index (χ4v) is 2.00. The summed E-state index contributed by atoms with van der Waals surface area (Å²) >= 11 is 0. The monoisotopic (exact) mass is 235 g/mol. The lowest BCUT2D eigenvalue weighted by molar-refractivity contribution is -0.384. The number of hydrogen-bond donors (Lipinski definition) is 1. The molecule has 0 spiro atoms. The molecule has 1 aliphatic rings. The highest BCUT2D eigenvalue weighted by atomic mass is 16.6. The largest absolute Gasteiger partial charge is 0.359 e. The summed E-state index contributed by atoms with van der Waals surface area (Å²) in [5.74, 6) is 0.961. The maximum absolute atomic E-state index is 11.0. The van der Waals surface area contributed by atoms with Crippen molar-refractivity contribution < 1.29 is 4.92 Å². The molecule has 0 radical (unpaired) electrons. The summed E-state index contributed by atoms with van der Waals surface area (Å²) in [7, 11) is 0. The Bertz CT molecular complexity index is 453. The molecule has 1 N–H and O–H groups in total. The van der Waals surface area contributed by atoms with Gasteiger partial charge in [-0.2, -0.15) is 0 Å². The summed E-state index contributed by atoms with van der Waals surface area (Å²) in [5, 5.41) is 14.2. The number of aromatic nitrogens is 1. The molecule has 1 saturated carbocycles. The van der Waals surface area contributed by atoms with Gasteiger partial charge < -0.3 is 5.32 Å². The highest BCUT2D eigenvalue weighted by Gasteiger charge is 2.39. The summed E-state index contributed by atoms with van der Waals surface area (Å²) in [6.07, 6.45) is 4.01. The van der Waals surface area contributed by atoms with Crippen molar-refractivity contribution in [2.45, 2.75) is 39.2 Å². The van der Waals surface area contributed by atoms with Gasteiger partial charge in [-0.05, 0) is 45.1 Å². The van der Waals surface area contributed by atoms with Crippen LogP contribution in [0.15, 0.2) is 12.3 Å². The third-order valence-electron chi connectivity index (χ3n) is 3.24. The first-order valence-electron chi connectivity index (χ1n) is 5.79. The fourth-order valence-electron chi connectivity index (χ4n) is 2.00. The number of aryl methyl sites for hydroxylation is 1. The van der Waals surface area contributed by atoms with Crippen molar-refractivity contribution in [2.24, 2.45) is 5.92 Å². The average molecular weight is 235 g/mol. The van der Waals surface area contributed by atoms with Crippen LogP contribution in [-0.4, -0.2) is 15.4 Å². The predicted octanol–water partition coefficient (Wildman–Crippen LogP) is 2.90. The van der Waals surface area contributed by atoms with Crippen LogP contribution < -0.4 is 5.32 Å². The van der Waals surface area contributed by atoms with E-state index >= 15 is 0 Å². The normalized spacial score (nSPS) is 15.7. The molecule has 1 aliphatic carbocycles. The molecule has 5 heteroatoms. The quantitative estimate of drug-likeness (QED) is 0.643. The Morgan fingerprint density at radius 3 is 2.71 bits per heavy atom. The Labute approximate surface area is 100 Å². The van der Waals surface area contributed by atoms with Gasteiger partial charge in [0, 0.05) is 17.8 Å². The highest BCUT2D eigenvalue weighted by molar-refractivity contribution is 5.58. The first kappa shape index (κ1) is 11.8. The summed E-state index contributed by atoms with van der Waals surface area (Å²) < 4.78 is 0.